The first-order valence-corrected chi connectivity index (χ1v) is 9.08. The van der Waals surface area contributed by atoms with Gasteiger partial charge in [0.05, 0.1) is 30.7 Å². The second-order valence-corrected chi connectivity index (χ2v) is 6.73. The Morgan fingerprint density at radius 2 is 2.29 bits per heavy atom. The molecule has 0 amide bonds. The number of aromatic nitrogens is 5. The number of alkyl halides is 1. The number of methoxy groups -OCH3 is 1. The van der Waals surface area contributed by atoms with Crippen LogP contribution in [0.5, 0.6) is 5.88 Å². The molecule has 28 heavy (non-hydrogen) atoms. The van der Waals surface area contributed by atoms with Crippen molar-refractivity contribution >= 4 is 22.5 Å². The van der Waals surface area contributed by atoms with Gasteiger partial charge in [0.2, 0.25) is 11.8 Å². The number of nitrogens with one attached hydrogen (secondary N) is 2. The summed E-state index contributed by atoms with van der Waals surface area (Å²) in [6.07, 6.45) is 5.00. The molecule has 5 rings (SSSR count). The molecule has 144 valence electrons. The predicted octanol–water partition coefficient (Wildman–Crippen LogP) is 2.82. The summed E-state index contributed by atoms with van der Waals surface area (Å²) >= 11 is 0. The summed E-state index contributed by atoms with van der Waals surface area (Å²) in [5.74, 6) is 0.762. The van der Waals surface area contributed by atoms with E-state index in [2.05, 4.69) is 25.4 Å². The van der Waals surface area contributed by atoms with Gasteiger partial charge in [0.15, 0.2) is 0 Å². The summed E-state index contributed by atoms with van der Waals surface area (Å²) in [6, 6.07) is 5.57. The second kappa shape index (κ2) is 6.75. The zero-order valence-electron chi connectivity index (χ0n) is 15.2. The zero-order valence-corrected chi connectivity index (χ0v) is 15.2. The molecule has 9 heteroatoms. The van der Waals surface area contributed by atoms with Gasteiger partial charge in [-0.3, -0.25) is 0 Å². The molecule has 0 aliphatic carbocycles. The fraction of sp³-hybridized carbons (Fsp3) is 0.316. The first-order chi connectivity index (χ1) is 13.7. The minimum atomic E-state index is -1.10. The maximum atomic E-state index is 14.1. The van der Waals surface area contributed by atoms with E-state index in [0.717, 1.165) is 22.0 Å². The number of halogens is 1. The van der Waals surface area contributed by atoms with Crippen molar-refractivity contribution < 1.29 is 13.9 Å². The fourth-order valence-electron chi connectivity index (χ4n) is 3.56. The number of hydrogen-bond acceptors (Lipinski definition) is 6. The molecule has 4 aromatic heterocycles. The van der Waals surface area contributed by atoms with E-state index in [1.807, 2.05) is 30.6 Å². The number of pyridine rings is 1. The molecule has 0 radical (unpaired) electrons. The SMILES string of the molecule is COc1nc(N[C@@H]2CCOC[C@@H]2F)nc2[nH]cc(-c3ccn4nccc4c3)c12. The maximum absolute atomic E-state index is 14.1. The number of H-pyrrole nitrogens is 1. The minimum absolute atomic E-state index is 0.0841. The van der Waals surface area contributed by atoms with Crippen LogP contribution in [-0.2, 0) is 4.74 Å². The van der Waals surface area contributed by atoms with E-state index in [0.29, 0.717) is 30.5 Å². The third kappa shape index (κ3) is 2.84. The van der Waals surface area contributed by atoms with Gasteiger partial charge in [-0.2, -0.15) is 15.1 Å². The lowest BCUT2D eigenvalue weighted by Crippen LogP contribution is -2.39. The Bertz CT molecular complexity index is 1140. The topological polar surface area (TPSA) is 89.4 Å². The third-order valence-corrected chi connectivity index (χ3v) is 5.00. The Balaban J connectivity index is 1.55. The van der Waals surface area contributed by atoms with Crippen molar-refractivity contribution in [3.8, 4) is 17.0 Å². The van der Waals surface area contributed by atoms with E-state index < -0.39 is 6.17 Å². The average Bonchev–Trinajstić information content (AvgIpc) is 3.35. The normalized spacial score (nSPS) is 19.9. The molecule has 0 aromatic carbocycles. The van der Waals surface area contributed by atoms with Crippen molar-refractivity contribution in [3.05, 3.63) is 36.8 Å². The highest BCUT2D eigenvalue weighted by atomic mass is 19.1. The summed E-state index contributed by atoms with van der Waals surface area (Å²) in [4.78, 5) is 12.2. The molecule has 0 unspecified atom stereocenters. The van der Waals surface area contributed by atoms with Crippen LogP contribution in [0.15, 0.2) is 36.8 Å². The van der Waals surface area contributed by atoms with Gasteiger partial charge in [0, 0.05) is 30.8 Å². The highest BCUT2D eigenvalue weighted by Crippen LogP contribution is 2.34. The van der Waals surface area contributed by atoms with E-state index in [4.69, 9.17) is 9.47 Å². The molecule has 5 heterocycles. The van der Waals surface area contributed by atoms with E-state index in [-0.39, 0.29) is 12.6 Å². The van der Waals surface area contributed by atoms with E-state index >= 15 is 0 Å². The van der Waals surface area contributed by atoms with Crippen LogP contribution in [0.1, 0.15) is 6.42 Å². The lowest BCUT2D eigenvalue weighted by atomic mass is 10.1. The van der Waals surface area contributed by atoms with Crippen LogP contribution < -0.4 is 10.1 Å². The summed E-state index contributed by atoms with van der Waals surface area (Å²) in [5, 5.41) is 8.08. The lowest BCUT2D eigenvalue weighted by Gasteiger charge is -2.26. The summed E-state index contributed by atoms with van der Waals surface area (Å²) in [6.45, 7) is 0.599. The quantitative estimate of drug-likeness (QED) is 0.564. The Morgan fingerprint density at radius 1 is 1.36 bits per heavy atom. The van der Waals surface area contributed by atoms with E-state index in [1.54, 1.807) is 17.8 Å². The third-order valence-electron chi connectivity index (χ3n) is 5.00. The molecule has 0 saturated carbocycles. The van der Waals surface area contributed by atoms with Gasteiger partial charge >= 0.3 is 0 Å². The number of aromatic amines is 1. The molecule has 8 nitrogen and oxygen atoms in total. The van der Waals surface area contributed by atoms with Gasteiger partial charge in [0.1, 0.15) is 11.8 Å². The zero-order chi connectivity index (χ0) is 19.1. The maximum Gasteiger partial charge on any atom is 0.228 e. The molecule has 0 spiro atoms. The van der Waals surface area contributed by atoms with Crippen LogP contribution in [-0.4, -0.2) is 57.1 Å². The van der Waals surface area contributed by atoms with Crippen LogP contribution >= 0.6 is 0 Å². The summed E-state index contributed by atoms with van der Waals surface area (Å²) in [7, 11) is 1.56. The standard InChI is InChI=1S/C19H19FN6O2/c1-27-18-16-13(11-3-6-26-12(8-11)2-5-22-26)9-21-17(16)24-19(25-18)23-15-4-7-28-10-14(15)20/h2-3,5-6,8-9,14-15H,4,7,10H2,1H3,(H2,21,23,24,25)/t14-,15+/m0/s1. The average molecular weight is 382 g/mol. The molecule has 4 aromatic rings. The number of ether oxygens (including phenoxy) is 2. The van der Waals surface area contributed by atoms with Gasteiger partial charge in [0.25, 0.3) is 0 Å². The first-order valence-electron chi connectivity index (χ1n) is 9.08. The minimum Gasteiger partial charge on any atom is -0.480 e. The largest absolute Gasteiger partial charge is 0.480 e. The molecule has 2 N–H and O–H groups in total. The van der Waals surface area contributed by atoms with Crippen LogP contribution in [0.4, 0.5) is 10.3 Å². The Kier molecular flexibility index (Phi) is 4.09. The second-order valence-electron chi connectivity index (χ2n) is 6.73. The molecular weight excluding hydrogens is 363 g/mol. The number of anilines is 1. The monoisotopic (exact) mass is 382 g/mol. The highest BCUT2D eigenvalue weighted by molar-refractivity contribution is 5.98. The molecule has 1 saturated heterocycles. The predicted molar refractivity (Wildman–Crippen MR) is 102 cm³/mol. The molecule has 2 atom stereocenters. The van der Waals surface area contributed by atoms with Gasteiger partial charge < -0.3 is 19.8 Å². The van der Waals surface area contributed by atoms with Crippen LogP contribution in [0, 0.1) is 0 Å². The smallest absolute Gasteiger partial charge is 0.228 e. The van der Waals surface area contributed by atoms with Crippen molar-refractivity contribution in [2.45, 2.75) is 18.6 Å². The molecule has 1 aliphatic rings. The highest BCUT2D eigenvalue weighted by Gasteiger charge is 2.26. The molecule has 0 bridgehead atoms. The van der Waals surface area contributed by atoms with Crippen molar-refractivity contribution in [1.29, 1.82) is 0 Å². The lowest BCUT2D eigenvalue weighted by molar-refractivity contribution is 0.0284. The van der Waals surface area contributed by atoms with Gasteiger partial charge in [-0.25, -0.2) is 8.91 Å². The van der Waals surface area contributed by atoms with Crippen LogP contribution in [0.3, 0.4) is 0 Å². The molecular formula is C19H19FN6O2. The van der Waals surface area contributed by atoms with E-state index in [1.165, 1.54) is 0 Å². The Morgan fingerprint density at radius 3 is 3.14 bits per heavy atom. The summed E-state index contributed by atoms with van der Waals surface area (Å²) < 4.78 is 26.5. The van der Waals surface area contributed by atoms with E-state index in [9.17, 15) is 4.39 Å². The van der Waals surface area contributed by atoms with Crippen molar-refractivity contribution in [3.63, 3.8) is 0 Å². The molecule has 1 fully saturated rings. The van der Waals surface area contributed by atoms with Gasteiger partial charge in [-0.05, 0) is 30.2 Å². The van der Waals surface area contributed by atoms with Crippen LogP contribution in [0.2, 0.25) is 0 Å². The number of fused-ring (bicyclic) bond motifs is 2. The first kappa shape index (κ1) is 16.9. The fourth-order valence-corrected chi connectivity index (χ4v) is 3.56. The Hall–Kier alpha value is -3.20. The number of nitrogens with zero attached hydrogens (tertiary/aromatic N) is 4. The Labute approximate surface area is 159 Å². The van der Waals surface area contributed by atoms with Gasteiger partial charge in [-0.1, -0.05) is 0 Å². The van der Waals surface area contributed by atoms with Crippen molar-refractivity contribution in [2.75, 3.05) is 25.6 Å². The van der Waals surface area contributed by atoms with Crippen molar-refractivity contribution in [2.24, 2.45) is 0 Å². The summed E-state index contributed by atoms with van der Waals surface area (Å²) in [5.41, 5.74) is 3.53. The van der Waals surface area contributed by atoms with Crippen LogP contribution in [0.25, 0.3) is 27.7 Å². The van der Waals surface area contributed by atoms with Gasteiger partial charge in [-0.15, -0.1) is 0 Å². The number of rotatable bonds is 4. The molecule has 1 aliphatic heterocycles. The number of hydrogen-bond donors (Lipinski definition) is 2. The van der Waals surface area contributed by atoms with Crippen molar-refractivity contribution in [1.82, 2.24) is 24.6 Å².